The van der Waals surface area contributed by atoms with Crippen molar-refractivity contribution in [2.45, 2.75) is 19.5 Å². The number of halogens is 4. The fourth-order valence-electron chi connectivity index (χ4n) is 1.24. The van der Waals surface area contributed by atoms with E-state index in [0.717, 1.165) is 0 Å². The SMILES string of the molecule is C=CCP1(C(C)C)=NP(Cl)(Cl)=NP(Cl)(Cl)=N1. The Bertz CT molecular complexity index is 450. The maximum atomic E-state index is 6.06. The Labute approximate surface area is 115 Å². The van der Waals surface area contributed by atoms with Crippen LogP contribution in [0.2, 0.25) is 0 Å². The molecule has 0 N–H and O–H groups in total. The topological polar surface area (TPSA) is 37.1 Å². The van der Waals surface area contributed by atoms with Crippen LogP contribution in [-0.2, 0) is 0 Å². The van der Waals surface area contributed by atoms with Crippen molar-refractivity contribution in [2.75, 3.05) is 6.16 Å². The molecule has 0 aliphatic carbocycles. The lowest BCUT2D eigenvalue weighted by molar-refractivity contribution is 1.07. The van der Waals surface area contributed by atoms with Crippen LogP contribution in [-0.4, -0.2) is 11.8 Å². The smallest absolute Gasteiger partial charge is 0.213 e. The van der Waals surface area contributed by atoms with Gasteiger partial charge in [-0.2, -0.15) is 4.52 Å². The summed E-state index contributed by atoms with van der Waals surface area (Å²) in [6.45, 7) is 7.73. The molecular weight excluding hydrogens is 349 g/mol. The second kappa shape index (κ2) is 5.30. The van der Waals surface area contributed by atoms with E-state index >= 15 is 0 Å². The lowest BCUT2D eigenvalue weighted by atomic mass is 10.6. The van der Waals surface area contributed by atoms with E-state index in [1.54, 1.807) is 6.08 Å². The van der Waals surface area contributed by atoms with Gasteiger partial charge in [0.15, 0.2) is 0 Å². The molecule has 0 radical (unpaired) electrons. The van der Waals surface area contributed by atoms with Crippen LogP contribution in [0.15, 0.2) is 26.2 Å². The van der Waals surface area contributed by atoms with Crippen molar-refractivity contribution >= 4 is 64.0 Å². The molecule has 1 unspecified atom stereocenters. The van der Waals surface area contributed by atoms with Crippen LogP contribution in [0, 0.1) is 0 Å². The maximum absolute atomic E-state index is 6.06. The molecule has 0 saturated heterocycles. The Kier molecular flexibility index (Phi) is 5.18. The third-order valence-corrected chi connectivity index (χ3v) is 15.2. The summed E-state index contributed by atoms with van der Waals surface area (Å²) in [7, 11) is -2.10. The van der Waals surface area contributed by atoms with Crippen molar-refractivity contribution in [1.82, 2.24) is 0 Å². The van der Waals surface area contributed by atoms with Gasteiger partial charge in [0.25, 0.3) is 11.8 Å². The minimum atomic E-state index is -2.78. The van der Waals surface area contributed by atoms with Crippen molar-refractivity contribution in [3.63, 3.8) is 0 Å². The molecule has 0 fully saturated rings. The minimum Gasteiger partial charge on any atom is -0.213 e. The molecule has 1 rings (SSSR count). The van der Waals surface area contributed by atoms with E-state index in [2.05, 4.69) is 20.1 Å². The first-order chi connectivity index (χ1) is 7.13. The van der Waals surface area contributed by atoms with E-state index < -0.39 is 19.0 Å². The first-order valence-electron chi connectivity index (χ1n) is 4.42. The molecule has 0 amide bonds. The van der Waals surface area contributed by atoms with Gasteiger partial charge in [0.05, 0.1) is 7.21 Å². The number of rotatable bonds is 3. The zero-order valence-corrected chi connectivity index (χ0v) is 14.5. The Morgan fingerprint density at radius 3 is 1.94 bits per heavy atom. The van der Waals surface area contributed by atoms with Gasteiger partial charge in [0.1, 0.15) is 0 Å². The van der Waals surface area contributed by atoms with Crippen molar-refractivity contribution in [3.05, 3.63) is 12.7 Å². The molecule has 94 valence electrons. The van der Waals surface area contributed by atoms with Crippen molar-refractivity contribution in [3.8, 4) is 0 Å². The second-order valence-corrected chi connectivity index (χ2v) is 17.2. The molecule has 0 aromatic carbocycles. The first kappa shape index (κ1) is 15.6. The van der Waals surface area contributed by atoms with Gasteiger partial charge in [-0.15, -0.1) is 6.58 Å². The van der Waals surface area contributed by atoms with Crippen LogP contribution in [0.1, 0.15) is 13.8 Å². The normalized spacial score (nSPS) is 31.2. The predicted molar refractivity (Wildman–Crippen MR) is 81.7 cm³/mol. The Morgan fingerprint density at radius 1 is 1.06 bits per heavy atom. The van der Waals surface area contributed by atoms with Gasteiger partial charge in [0.2, 0.25) is 0 Å². The lowest BCUT2D eigenvalue weighted by Crippen LogP contribution is -1.99. The molecule has 1 atom stereocenters. The predicted octanol–water partition coefficient (Wildman–Crippen LogP) is 7.56. The zero-order chi connectivity index (χ0) is 12.6. The fraction of sp³-hybridized carbons (Fsp3) is 0.667. The molecule has 1 aliphatic rings. The van der Waals surface area contributed by atoms with Crippen molar-refractivity contribution < 1.29 is 0 Å². The van der Waals surface area contributed by atoms with E-state index in [1.807, 2.05) is 13.8 Å². The minimum absolute atomic E-state index is 0.190. The average molecular weight is 361 g/mol. The molecule has 3 nitrogen and oxygen atoms in total. The molecule has 0 saturated carbocycles. The van der Waals surface area contributed by atoms with Crippen LogP contribution < -0.4 is 0 Å². The molecule has 10 heteroatoms. The highest BCUT2D eigenvalue weighted by molar-refractivity contribution is 8.21. The van der Waals surface area contributed by atoms with E-state index in [1.165, 1.54) is 0 Å². The van der Waals surface area contributed by atoms with Crippen LogP contribution in [0.5, 0.6) is 0 Å². The van der Waals surface area contributed by atoms with E-state index in [9.17, 15) is 0 Å². The zero-order valence-electron chi connectivity index (χ0n) is 8.76. The highest BCUT2D eigenvalue weighted by Crippen LogP contribution is 2.86. The highest BCUT2D eigenvalue weighted by Gasteiger charge is 2.34. The molecule has 0 spiro atoms. The molecule has 16 heavy (non-hydrogen) atoms. The van der Waals surface area contributed by atoms with E-state index in [0.29, 0.717) is 6.16 Å². The molecule has 0 bridgehead atoms. The average Bonchev–Trinajstić information content (AvgIpc) is 1.97. The van der Waals surface area contributed by atoms with Gasteiger partial charge in [-0.25, -0.2) is 9.03 Å². The van der Waals surface area contributed by atoms with Gasteiger partial charge in [0, 0.05) is 11.8 Å². The summed E-state index contributed by atoms with van der Waals surface area (Å²) in [6, 6.07) is 0. The summed E-state index contributed by atoms with van der Waals surface area (Å²) in [6.07, 6.45) is 2.37. The third kappa shape index (κ3) is 3.79. The number of nitrogens with zero attached hydrogens (tertiary/aromatic N) is 3. The van der Waals surface area contributed by atoms with Crippen LogP contribution in [0.25, 0.3) is 0 Å². The summed E-state index contributed by atoms with van der Waals surface area (Å²) < 4.78 is 12.8. The third-order valence-electron chi connectivity index (χ3n) is 1.97. The first-order valence-corrected chi connectivity index (χ1v) is 13.4. The molecule has 1 heterocycles. The summed E-state index contributed by atoms with van der Waals surface area (Å²) in [5.74, 6) is -5.55. The molecular formula is C6H12Cl4N3P3. The molecule has 0 aromatic rings. The van der Waals surface area contributed by atoms with Crippen molar-refractivity contribution in [1.29, 1.82) is 0 Å². The maximum Gasteiger partial charge on any atom is 0.255 e. The molecule has 1 aliphatic heterocycles. The molecule has 0 aromatic heterocycles. The summed E-state index contributed by atoms with van der Waals surface area (Å²) in [5.41, 5.74) is 0.190. The fourth-order valence-corrected chi connectivity index (χ4v) is 18.7. The Balaban J connectivity index is 3.55. The number of hydrogen-bond acceptors (Lipinski definition) is 3. The van der Waals surface area contributed by atoms with Gasteiger partial charge >= 0.3 is 0 Å². The number of allylic oxidation sites excluding steroid dienone is 1. The highest BCUT2D eigenvalue weighted by atomic mass is 35.9. The monoisotopic (exact) mass is 359 g/mol. The Morgan fingerprint density at radius 2 is 1.56 bits per heavy atom. The van der Waals surface area contributed by atoms with E-state index in [4.69, 9.17) is 45.0 Å². The quantitative estimate of drug-likeness (QED) is 0.368. The van der Waals surface area contributed by atoms with Gasteiger partial charge < -0.3 is 0 Å². The lowest BCUT2D eigenvalue weighted by Gasteiger charge is -2.29. The van der Waals surface area contributed by atoms with Crippen LogP contribution in [0.3, 0.4) is 0 Å². The summed E-state index contributed by atoms with van der Waals surface area (Å²) in [4.78, 5) is 0. The van der Waals surface area contributed by atoms with Gasteiger partial charge in [-0.1, -0.05) is 19.9 Å². The number of hydrogen-bond donors (Lipinski definition) is 0. The van der Waals surface area contributed by atoms with Crippen molar-refractivity contribution in [2.24, 2.45) is 13.5 Å². The Hall–Kier alpha value is 1.59. The van der Waals surface area contributed by atoms with Crippen LogP contribution >= 0.6 is 64.0 Å². The standard InChI is InChI=1S/C6H12Cl4N3P3/c1-4-5-14(6(2)3)11-15(7,8)13-16(9,10)12-14/h4,6H,1,5H2,2-3H3. The summed E-state index contributed by atoms with van der Waals surface area (Å²) in [5, 5.41) is 0. The largest absolute Gasteiger partial charge is 0.255 e. The van der Waals surface area contributed by atoms with Gasteiger partial charge in [-0.05, 0) is 45.0 Å². The second-order valence-electron chi connectivity index (χ2n) is 3.53. The van der Waals surface area contributed by atoms with Gasteiger partial charge in [-0.3, -0.25) is 0 Å². The van der Waals surface area contributed by atoms with E-state index in [-0.39, 0.29) is 5.66 Å². The summed E-state index contributed by atoms with van der Waals surface area (Å²) >= 11 is 24.2. The van der Waals surface area contributed by atoms with Crippen LogP contribution in [0.4, 0.5) is 0 Å².